The Balaban J connectivity index is 2.04. The zero-order valence-electron chi connectivity index (χ0n) is 13.5. The molecule has 2 nitrogen and oxygen atoms in total. The van der Waals surface area contributed by atoms with Gasteiger partial charge >= 0.3 is 0 Å². The van der Waals surface area contributed by atoms with Crippen molar-refractivity contribution in [2.24, 2.45) is 0 Å². The Morgan fingerprint density at radius 3 is 2.59 bits per heavy atom. The summed E-state index contributed by atoms with van der Waals surface area (Å²) in [7, 11) is 0. The summed E-state index contributed by atoms with van der Waals surface area (Å²) in [6.07, 6.45) is 4.54. The van der Waals surface area contributed by atoms with Crippen LogP contribution in [0, 0.1) is 6.92 Å². The molecule has 0 aromatic heterocycles. The summed E-state index contributed by atoms with van der Waals surface area (Å²) in [6.45, 7) is 5.79. The normalized spacial score (nSPS) is 10.9. The molecular weight excluding hydrogens is 340 g/mol. The first-order chi connectivity index (χ1) is 10.8. The van der Waals surface area contributed by atoms with E-state index in [2.05, 4.69) is 60.1 Å². The van der Waals surface area contributed by atoms with Crippen molar-refractivity contribution in [3.05, 3.63) is 35.9 Å². The molecule has 0 aliphatic heterocycles. The van der Waals surface area contributed by atoms with Crippen LogP contribution < -0.4 is 9.47 Å². The van der Waals surface area contributed by atoms with E-state index in [4.69, 9.17) is 9.47 Å². The second kappa shape index (κ2) is 9.04. The maximum atomic E-state index is 5.85. The van der Waals surface area contributed by atoms with Crippen molar-refractivity contribution >= 4 is 26.7 Å². The standard InChI is InChI=1S/C19H25BrO2/c1-3-12-22-19-10-7-16-14-17(8-9-18(16)15(19)2)21-13-6-4-5-11-20/h7-10,14H,3-6,11-13H2,1-2H3. The van der Waals surface area contributed by atoms with Gasteiger partial charge in [0.15, 0.2) is 0 Å². The first-order valence-electron chi connectivity index (χ1n) is 8.11. The van der Waals surface area contributed by atoms with Gasteiger partial charge in [-0.25, -0.2) is 0 Å². The van der Waals surface area contributed by atoms with Gasteiger partial charge in [-0.05, 0) is 67.1 Å². The Bertz CT molecular complexity index is 595. The average molecular weight is 365 g/mol. The Morgan fingerprint density at radius 2 is 1.82 bits per heavy atom. The van der Waals surface area contributed by atoms with Crippen LogP contribution in [0.15, 0.2) is 30.3 Å². The van der Waals surface area contributed by atoms with Gasteiger partial charge in [0.1, 0.15) is 11.5 Å². The minimum Gasteiger partial charge on any atom is -0.494 e. The van der Waals surface area contributed by atoms with Gasteiger partial charge in [-0.15, -0.1) is 0 Å². The molecule has 2 rings (SSSR count). The summed E-state index contributed by atoms with van der Waals surface area (Å²) >= 11 is 3.45. The molecule has 0 saturated carbocycles. The maximum absolute atomic E-state index is 5.85. The third kappa shape index (κ3) is 4.64. The number of rotatable bonds is 9. The van der Waals surface area contributed by atoms with Crippen LogP contribution >= 0.6 is 15.9 Å². The van der Waals surface area contributed by atoms with Gasteiger partial charge in [-0.1, -0.05) is 35.0 Å². The molecule has 0 radical (unpaired) electrons. The summed E-state index contributed by atoms with van der Waals surface area (Å²) in [5.74, 6) is 1.94. The Kier molecular flexibility index (Phi) is 7.04. The van der Waals surface area contributed by atoms with Gasteiger partial charge in [0, 0.05) is 5.33 Å². The van der Waals surface area contributed by atoms with Gasteiger partial charge < -0.3 is 9.47 Å². The molecule has 0 bridgehead atoms. The molecule has 3 heteroatoms. The summed E-state index contributed by atoms with van der Waals surface area (Å²) in [6, 6.07) is 10.5. The zero-order valence-corrected chi connectivity index (χ0v) is 15.1. The largest absolute Gasteiger partial charge is 0.494 e. The molecule has 0 aliphatic carbocycles. The summed E-state index contributed by atoms with van der Waals surface area (Å²) in [5.41, 5.74) is 1.20. The van der Waals surface area contributed by atoms with E-state index in [9.17, 15) is 0 Å². The lowest BCUT2D eigenvalue weighted by atomic mass is 10.0. The van der Waals surface area contributed by atoms with E-state index in [-0.39, 0.29) is 0 Å². The van der Waals surface area contributed by atoms with Crippen LogP contribution in [0.5, 0.6) is 11.5 Å². The van der Waals surface area contributed by atoms with E-state index >= 15 is 0 Å². The molecule has 0 heterocycles. The van der Waals surface area contributed by atoms with E-state index in [1.165, 1.54) is 29.2 Å². The molecule has 0 unspecified atom stereocenters. The first-order valence-corrected chi connectivity index (χ1v) is 9.23. The van der Waals surface area contributed by atoms with Crippen LogP contribution in [0.3, 0.4) is 0 Å². The van der Waals surface area contributed by atoms with Gasteiger partial charge in [0.05, 0.1) is 13.2 Å². The lowest BCUT2D eigenvalue weighted by Crippen LogP contribution is -1.98. The zero-order chi connectivity index (χ0) is 15.8. The van der Waals surface area contributed by atoms with E-state index in [1.807, 2.05) is 0 Å². The molecule has 0 fully saturated rings. The van der Waals surface area contributed by atoms with Crippen molar-refractivity contribution in [1.29, 1.82) is 0 Å². The number of halogens is 1. The number of hydrogen-bond acceptors (Lipinski definition) is 2. The van der Waals surface area contributed by atoms with E-state index in [0.717, 1.165) is 42.9 Å². The van der Waals surface area contributed by atoms with Crippen LogP contribution in [0.4, 0.5) is 0 Å². The maximum Gasteiger partial charge on any atom is 0.122 e. The third-order valence-electron chi connectivity index (χ3n) is 3.72. The smallest absolute Gasteiger partial charge is 0.122 e. The number of aryl methyl sites for hydroxylation is 1. The number of ether oxygens (including phenoxy) is 2. The molecule has 0 saturated heterocycles. The summed E-state index contributed by atoms with van der Waals surface area (Å²) < 4.78 is 11.6. The van der Waals surface area contributed by atoms with Crippen LogP contribution in [0.1, 0.15) is 38.2 Å². The van der Waals surface area contributed by atoms with E-state index in [0.29, 0.717) is 0 Å². The van der Waals surface area contributed by atoms with Gasteiger partial charge in [-0.3, -0.25) is 0 Å². The van der Waals surface area contributed by atoms with E-state index < -0.39 is 0 Å². The molecule has 0 aliphatic rings. The monoisotopic (exact) mass is 364 g/mol. The van der Waals surface area contributed by atoms with Crippen molar-refractivity contribution in [1.82, 2.24) is 0 Å². The minimum atomic E-state index is 0.766. The SMILES string of the molecule is CCCOc1ccc2cc(OCCCCCBr)ccc2c1C. The highest BCUT2D eigenvalue weighted by molar-refractivity contribution is 9.09. The van der Waals surface area contributed by atoms with Crippen molar-refractivity contribution in [2.45, 2.75) is 39.5 Å². The number of fused-ring (bicyclic) bond motifs is 1. The molecule has 120 valence electrons. The highest BCUT2D eigenvalue weighted by Crippen LogP contribution is 2.30. The van der Waals surface area contributed by atoms with Gasteiger partial charge in [-0.2, -0.15) is 0 Å². The average Bonchev–Trinajstić information content (AvgIpc) is 2.54. The minimum absolute atomic E-state index is 0.766. The van der Waals surface area contributed by atoms with Crippen LogP contribution in [-0.4, -0.2) is 18.5 Å². The van der Waals surface area contributed by atoms with Crippen molar-refractivity contribution in [3.63, 3.8) is 0 Å². The number of hydrogen-bond donors (Lipinski definition) is 0. The number of benzene rings is 2. The Morgan fingerprint density at radius 1 is 0.955 bits per heavy atom. The second-order valence-electron chi connectivity index (χ2n) is 5.52. The molecule has 0 amide bonds. The van der Waals surface area contributed by atoms with Crippen LogP contribution in [0.2, 0.25) is 0 Å². The highest BCUT2D eigenvalue weighted by atomic mass is 79.9. The van der Waals surface area contributed by atoms with Crippen LogP contribution in [-0.2, 0) is 0 Å². The fraction of sp³-hybridized carbons (Fsp3) is 0.474. The quantitative estimate of drug-likeness (QED) is 0.408. The number of alkyl halides is 1. The van der Waals surface area contributed by atoms with Gasteiger partial charge in [0.25, 0.3) is 0 Å². The van der Waals surface area contributed by atoms with Crippen molar-refractivity contribution < 1.29 is 9.47 Å². The third-order valence-corrected chi connectivity index (χ3v) is 4.28. The molecule has 22 heavy (non-hydrogen) atoms. The van der Waals surface area contributed by atoms with Crippen LogP contribution in [0.25, 0.3) is 10.8 Å². The Labute approximate surface area is 141 Å². The summed E-state index contributed by atoms with van der Waals surface area (Å²) in [5, 5.41) is 3.52. The lowest BCUT2D eigenvalue weighted by molar-refractivity contribution is 0.307. The number of unbranched alkanes of at least 4 members (excludes halogenated alkanes) is 2. The molecule has 2 aromatic carbocycles. The lowest BCUT2D eigenvalue weighted by Gasteiger charge is -2.12. The topological polar surface area (TPSA) is 18.5 Å². The fourth-order valence-corrected chi connectivity index (χ4v) is 2.86. The van der Waals surface area contributed by atoms with Gasteiger partial charge in [0.2, 0.25) is 0 Å². The highest BCUT2D eigenvalue weighted by Gasteiger charge is 2.06. The van der Waals surface area contributed by atoms with Crippen molar-refractivity contribution in [2.75, 3.05) is 18.5 Å². The molecule has 2 aromatic rings. The molecule has 0 atom stereocenters. The predicted molar refractivity (Wildman–Crippen MR) is 97.6 cm³/mol. The fourth-order valence-electron chi connectivity index (χ4n) is 2.46. The first kappa shape index (κ1) is 17.1. The van der Waals surface area contributed by atoms with E-state index in [1.54, 1.807) is 0 Å². The second-order valence-corrected chi connectivity index (χ2v) is 6.31. The molecule has 0 N–H and O–H groups in total. The molecular formula is C19H25BrO2. The molecule has 0 spiro atoms. The Hall–Kier alpha value is -1.22. The van der Waals surface area contributed by atoms with Crippen molar-refractivity contribution in [3.8, 4) is 11.5 Å². The summed E-state index contributed by atoms with van der Waals surface area (Å²) in [4.78, 5) is 0. The predicted octanol–water partition coefficient (Wildman–Crippen LogP) is 5.88.